The minimum Gasteiger partial charge on any atom is -0.392 e. The van der Waals surface area contributed by atoms with Crippen LogP contribution in [0.1, 0.15) is 12.0 Å². The SMILES string of the molecule is O[C@H]1CCN(CCOCCc2ccc3sccc3c2)C1. The first-order chi connectivity index (χ1) is 9.81. The van der Waals surface area contributed by atoms with Crippen molar-refractivity contribution >= 4 is 21.4 Å². The number of likely N-dealkylation sites (tertiary alicyclic amines) is 1. The Hall–Kier alpha value is -0.940. The minimum absolute atomic E-state index is 0.132. The van der Waals surface area contributed by atoms with Gasteiger partial charge in [0.25, 0.3) is 0 Å². The van der Waals surface area contributed by atoms with Gasteiger partial charge in [0.05, 0.1) is 19.3 Å². The van der Waals surface area contributed by atoms with E-state index >= 15 is 0 Å². The summed E-state index contributed by atoms with van der Waals surface area (Å²) in [7, 11) is 0. The summed E-state index contributed by atoms with van der Waals surface area (Å²) in [4.78, 5) is 2.27. The van der Waals surface area contributed by atoms with Crippen LogP contribution in [0.3, 0.4) is 0 Å². The molecule has 3 nitrogen and oxygen atoms in total. The van der Waals surface area contributed by atoms with Gasteiger partial charge in [0.2, 0.25) is 0 Å². The molecule has 0 bridgehead atoms. The maximum Gasteiger partial charge on any atom is 0.0679 e. The van der Waals surface area contributed by atoms with Gasteiger partial charge in [0.15, 0.2) is 0 Å². The molecule has 20 heavy (non-hydrogen) atoms. The van der Waals surface area contributed by atoms with Crippen LogP contribution in [0.5, 0.6) is 0 Å². The van der Waals surface area contributed by atoms with E-state index in [1.165, 1.54) is 15.6 Å². The summed E-state index contributed by atoms with van der Waals surface area (Å²) < 4.78 is 7.06. The molecule has 1 N–H and O–H groups in total. The fourth-order valence-electron chi connectivity index (χ4n) is 2.67. The lowest BCUT2D eigenvalue weighted by molar-refractivity contribution is 0.106. The maximum atomic E-state index is 9.44. The zero-order valence-electron chi connectivity index (χ0n) is 11.6. The molecule has 1 fully saturated rings. The summed E-state index contributed by atoms with van der Waals surface area (Å²) >= 11 is 1.79. The fraction of sp³-hybridized carbons (Fsp3) is 0.500. The third-order valence-electron chi connectivity index (χ3n) is 3.85. The lowest BCUT2D eigenvalue weighted by Crippen LogP contribution is -2.26. The quantitative estimate of drug-likeness (QED) is 0.830. The largest absolute Gasteiger partial charge is 0.392 e. The summed E-state index contributed by atoms with van der Waals surface area (Å²) in [5.41, 5.74) is 1.34. The summed E-state index contributed by atoms with van der Waals surface area (Å²) in [5.74, 6) is 0. The van der Waals surface area contributed by atoms with E-state index in [1.807, 2.05) is 0 Å². The number of aliphatic hydroxyl groups excluding tert-OH is 1. The molecule has 1 aromatic carbocycles. The normalized spacial score (nSPS) is 19.9. The molecule has 108 valence electrons. The van der Waals surface area contributed by atoms with Crippen molar-refractivity contribution in [3.8, 4) is 0 Å². The van der Waals surface area contributed by atoms with E-state index in [0.29, 0.717) is 0 Å². The average Bonchev–Trinajstić information content (AvgIpc) is 3.06. The minimum atomic E-state index is -0.132. The first kappa shape index (κ1) is 14.0. The van der Waals surface area contributed by atoms with Crippen molar-refractivity contribution in [2.45, 2.75) is 18.9 Å². The third-order valence-corrected chi connectivity index (χ3v) is 4.75. The molecule has 4 heteroatoms. The van der Waals surface area contributed by atoms with Crippen molar-refractivity contribution in [3.63, 3.8) is 0 Å². The van der Waals surface area contributed by atoms with Crippen LogP contribution in [-0.2, 0) is 11.2 Å². The van der Waals surface area contributed by atoms with Crippen LogP contribution < -0.4 is 0 Å². The second kappa shape index (κ2) is 6.68. The van der Waals surface area contributed by atoms with E-state index in [2.05, 4.69) is 34.5 Å². The van der Waals surface area contributed by atoms with Gasteiger partial charge in [0.1, 0.15) is 0 Å². The summed E-state index contributed by atoms with van der Waals surface area (Å²) in [6, 6.07) is 8.81. The number of thiophene rings is 1. The molecule has 1 aliphatic heterocycles. The number of rotatable bonds is 6. The Kier molecular flexibility index (Phi) is 4.68. The first-order valence-electron chi connectivity index (χ1n) is 7.25. The number of fused-ring (bicyclic) bond motifs is 1. The maximum absolute atomic E-state index is 9.44. The van der Waals surface area contributed by atoms with Crippen molar-refractivity contribution in [1.82, 2.24) is 4.90 Å². The highest BCUT2D eigenvalue weighted by Crippen LogP contribution is 2.21. The first-order valence-corrected chi connectivity index (χ1v) is 8.13. The van der Waals surface area contributed by atoms with Gasteiger partial charge in [-0.1, -0.05) is 12.1 Å². The van der Waals surface area contributed by atoms with E-state index < -0.39 is 0 Å². The molecule has 0 amide bonds. The van der Waals surface area contributed by atoms with Crippen LogP contribution in [0.2, 0.25) is 0 Å². The Morgan fingerprint density at radius 1 is 1.30 bits per heavy atom. The van der Waals surface area contributed by atoms with Crippen LogP contribution in [0, 0.1) is 0 Å². The van der Waals surface area contributed by atoms with E-state index in [0.717, 1.165) is 45.7 Å². The molecule has 1 atom stereocenters. The highest BCUT2D eigenvalue weighted by atomic mass is 32.1. The summed E-state index contributed by atoms with van der Waals surface area (Å²) in [5, 5.41) is 12.9. The van der Waals surface area contributed by atoms with E-state index in [4.69, 9.17) is 4.74 Å². The van der Waals surface area contributed by atoms with Crippen LogP contribution >= 0.6 is 11.3 Å². The zero-order chi connectivity index (χ0) is 13.8. The smallest absolute Gasteiger partial charge is 0.0679 e. The zero-order valence-corrected chi connectivity index (χ0v) is 12.4. The van der Waals surface area contributed by atoms with E-state index in [1.54, 1.807) is 11.3 Å². The van der Waals surface area contributed by atoms with Crippen molar-refractivity contribution in [2.24, 2.45) is 0 Å². The number of hydrogen-bond donors (Lipinski definition) is 1. The van der Waals surface area contributed by atoms with Crippen LogP contribution in [0.4, 0.5) is 0 Å². The van der Waals surface area contributed by atoms with Crippen molar-refractivity contribution in [3.05, 3.63) is 35.2 Å². The number of aliphatic hydroxyl groups is 1. The fourth-order valence-corrected chi connectivity index (χ4v) is 3.44. The van der Waals surface area contributed by atoms with E-state index in [9.17, 15) is 5.11 Å². The summed E-state index contributed by atoms with van der Waals surface area (Å²) in [6.07, 6.45) is 1.74. The topological polar surface area (TPSA) is 32.7 Å². The highest BCUT2D eigenvalue weighted by Gasteiger charge is 2.19. The highest BCUT2D eigenvalue weighted by molar-refractivity contribution is 7.17. The predicted octanol–water partition coefficient (Wildman–Crippen LogP) is 2.53. The van der Waals surface area contributed by atoms with Gasteiger partial charge in [-0.3, -0.25) is 4.90 Å². The molecule has 0 aliphatic carbocycles. The molecule has 2 heterocycles. The molecule has 1 aliphatic rings. The lowest BCUT2D eigenvalue weighted by Gasteiger charge is -2.14. The Morgan fingerprint density at radius 3 is 3.10 bits per heavy atom. The lowest BCUT2D eigenvalue weighted by atomic mass is 10.1. The molecular formula is C16H21NO2S. The van der Waals surface area contributed by atoms with Crippen molar-refractivity contribution in [1.29, 1.82) is 0 Å². The molecule has 2 aromatic rings. The Bertz CT molecular complexity index is 554. The number of β-amino-alcohol motifs (C(OH)–C–C–N with tert-alkyl or cyclic N) is 1. The van der Waals surface area contributed by atoms with Gasteiger partial charge in [-0.15, -0.1) is 11.3 Å². The third kappa shape index (κ3) is 3.58. The molecule has 0 saturated carbocycles. The second-order valence-corrected chi connectivity index (χ2v) is 6.35. The molecule has 3 rings (SSSR count). The van der Waals surface area contributed by atoms with Crippen LogP contribution in [0.25, 0.3) is 10.1 Å². The van der Waals surface area contributed by atoms with Crippen molar-refractivity contribution < 1.29 is 9.84 Å². The monoisotopic (exact) mass is 291 g/mol. The predicted molar refractivity (Wildman–Crippen MR) is 83.4 cm³/mol. The number of benzene rings is 1. The van der Waals surface area contributed by atoms with Gasteiger partial charge in [-0.2, -0.15) is 0 Å². The van der Waals surface area contributed by atoms with Crippen LogP contribution in [-0.4, -0.2) is 49.0 Å². The van der Waals surface area contributed by atoms with Gasteiger partial charge in [-0.05, 0) is 41.3 Å². The molecular weight excluding hydrogens is 270 g/mol. The Labute approximate surface area is 123 Å². The molecule has 1 saturated heterocycles. The van der Waals surface area contributed by atoms with Gasteiger partial charge in [0, 0.05) is 24.3 Å². The van der Waals surface area contributed by atoms with Gasteiger partial charge in [-0.25, -0.2) is 0 Å². The molecule has 0 radical (unpaired) electrons. The number of hydrogen-bond acceptors (Lipinski definition) is 4. The Morgan fingerprint density at radius 2 is 2.25 bits per heavy atom. The second-order valence-electron chi connectivity index (χ2n) is 5.40. The van der Waals surface area contributed by atoms with E-state index in [-0.39, 0.29) is 6.10 Å². The molecule has 0 unspecified atom stereocenters. The molecule has 1 aromatic heterocycles. The number of ether oxygens (including phenoxy) is 1. The standard InChI is InChI=1S/C16H21NO2S/c18-15-3-6-17(12-15)7-9-19-8-4-13-1-2-16-14(11-13)5-10-20-16/h1-2,5,10-11,15,18H,3-4,6-9,12H2/t15-/m0/s1. The summed E-state index contributed by atoms with van der Waals surface area (Å²) in [6.45, 7) is 4.26. The Balaban J connectivity index is 1.37. The van der Waals surface area contributed by atoms with Crippen LogP contribution in [0.15, 0.2) is 29.6 Å². The average molecular weight is 291 g/mol. The van der Waals surface area contributed by atoms with Crippen molar-refractivity contribution in [2.75, 3.05) is 32.8 Å². The number of nitrogens with zero attached hydrogens (tertiary/aromatic N) is 1. The van der Waals surface area contributed by atoms with Gasteiger partial charge < -0.3 is 9.84 Å². The molecule has 0 spiro atoms. The van der Waals surface area contributed by atoms with Gasteiger partial charge >= 0.3 is 0 Å².